The molecule has 0 bridgehead atoms. The highest BCUT2D eigenvalue weighted by atomic mass is 15.2. The molecule has 2 nitrogen and oxygen atoms in total. The van der Waals surface area contributed by atoms with Crippen LogP contribution in [-0.2, 0) is 0 Å². The average molecular weight is 95.1 g/mol. The minimum absolute atomic E-state index is 1.15. The van der Waals surface area contributed by atoms with Crippen molar-refractivity contribution in [1.29, 1.82) is 0 Å². The third-order valence-electron chi connectivity index (χ3n) is 0.762. The van der Waals surface area contributed by atoms with Gasteiger partial charge >= 0.3 is 0 Å². The molecule has 1 heterocycles. The Balaban J connectivity index is 3.04. The van der Waals surface area contributed by atoms with E-state index in [1.165, 1.54) is 4.68 Å². The molecule has 1 aromatic rings. The Labute approximate surface area is 42.8 Å². The smallest absolute Gasteiger partial charge is 0.0311 e. The molecule has 38 valence electrons. The van der Waals surface area contributed by atoms with Crippen molar-refractivity contribution in [3.8, 4) is 0 Å². The van der Waals surface area contributed by atoms with Crippen molar-refractivity contribution in [1.82, 2.24) is 9.78 Å². The Morgan fingerprint density at radius 1 is 1.86 bits per heavy atom. The SMILES string of the molecule is [CH2-]n1cc(C)cn1. The molecular weight excluding hydrogens is 88.1 g/mol. The lowest BCUT2D eigenvalue weighted by molar-refractivity contribution is 0.877. The van der Waals surface area contributed by atoms with Crippen LogP contribution in [0.25, 0.3) is 0 Å². The first-order chi connectivity index (χ1) is 3.29. The Kier molecular flexibility index (Phi) is 0.785. The normalized spacial score (nSPS) is 9.29. The first kappa shape index (κ1) is 4.24. The fraction of sp³-hybridized carbons (Fsp3) is 0.200. The molecule has 0 saturated heterocycles. The maximum Gasteiger partial charge on any atom is 0.0311 e. The summed E-state index contributed by atoms with van der Waals surface area (Å²) < 4.78 is 1.54. The first-order valence-corrected chi connectivity index (χ1v) is 2.11. The Morgan fingerprint density at radius 2 is 2.57 bits per heavy atom. The van der Waals surface area contributed by atoms with E-state index in [1.807, 2.05) is 13.1 Å². The van der Waals surface area contributed by atoms with Crippen LogP contribution in [-0.4, -0.2) is 9.78 Å². The van der Waals surface area contributed by atoms with Gasteiger partial charge in [-0.3, -0.25) is 0 Å². The molecule has 2 heteroatoms. The second-order valence-corrected chi connectivity index (χ2v) is 1.56. The predicted molar refractivity (Wildman–Crippen MR) is 27.7 cm³/mol. The number of aromatic nitrogens is 2. The van der Waals surface area contributed by atoms with Crippen LogP contribution in [0.5, 0.6) is 0 Å². The van der Waals surface area contributed by atoms with Crippen molar-refractivity contribution in [2.45, 2.75) is 6.92 Å². The quantitative estimate of drug-likeness (QED) is 0.436. The van der Waals surface area contributed by atoms with E-state index < -0.39 is 0 Å². The molecule has 0 N–H and O–H groups in total. The summed E-state index contributed by atoms with van der Waals surface area (Å²) >= 11 is 0. The third-order valence-corrected chi connectivity index (χ3v) is 0.762. The van der Waals surface area contributed by atoms with Crippen LogP contribution >= 0.6 is 0 Å². The van der Waals surface area contributed by atoms with Crippen LogP contribution in [0, 0.1) is 14.0 Å². The van der Waals surface area contributed by atoms with E-state index in [0.29, 0.717) is 0 Å². The van der Waals surface area contributed by atoms with E-state index in [9.17, 15) is 0 Å². The van der Waals surface area contributed by atoms with Crippen molar-refractivity contribution < 1.29 is 0 Å². The highest BCUT2D eigenvalue weighted by Crippen LogP contribution is 1.89. The Morgan fingerprint density at radius 3 is 2.71 bits per heavy atom. The second kappa shape index (κ2) is 1.30. The summed E-state index contributed by atoms with van der Waals surface area (Å²) in [5.41, 5.74) is 1.15. The summed E-state index contributed by atoms with van der Waals surface area (Å²) in [5.74, 6) is 0. The molecule has 1 rings (SSSR count). The van der Waals surface area contributed by atoms with Crippen molar-refractivity contribution in [3.05, 3.63) is 25.0 Å². The van der Waals surface area contributed by atoms with Gasteiger partial charge in [0.2, 0.25) is 0 Å². The van der Waals surface area contributed by atoms with Crippen LogP contribution in [0.3, 0.4) is 0 Å². The lowest BCUT2D eigenvalue weighted by atomic mass is 10.4. The average Bonchev–Trinajstić information content (AvgIpc) is 1.87. The van der Waals surface area contributed by atoms with Gasteiger partial charge in [0, 0.05) is 6.20 Å². The molecule has 0 fully saturated rings. The van der Waals surface area contributed by atoms with E-state index in [4.69, 9.17) is 0 Å². The molecule has 0 aliphatic heterocycles. The van der Waals surface area contributed by atoms with Crippen molar-refractivity contribution in [2.75, 3.05) is 0 Å². The summed E-state index contributed by atoms with van der Waals surface area (Å²) in [4.78, 5) is 0. The summed E-state index contributed by atoms with van der Waals surface area (Å²) in [6.07, 6.45) is 3.63. The van der Waals surface area contributed by atoms with Crippen LogP contribution in [0.2, 0.25) is 0 Å². The highest BCUT2D eigenvalue weighted by molar-refractivity contribution is 4.99. The molecular formula is C5H7N2-. The van der Waals surface area contributed by atoms with Crippen molar-refractivity contribution in [3.63, 3.8) is 0 Å². The minimum atomic E-state index is 1.15. The Hall–Kier alpha value is -0.920. The number of hydrogen-bond donors (Lipinski definition) is 0. The number of rotatable bonds is 0. The number of aryl methyl sites for hydroxylation is 1. The number of hydrogen-bond acceptors (Lipinski definition) is 1. The van der Waals surface area contributed by atoms with Gasteiger partial charge in [0.05, 0.1) is 0 Å². The standard InChI is InChI=1S/C5H7N2/c1-5-3-6-7(2)4-5/h3-4H,2H2,1H3/q-1. The van der Waals surface area contributed by atoms with Gasteiger partial charge in [0.15, 0.2) is 0 Å². The largest absolute Gasteiger partial charge is 0.408 e. The molecule has 0 amide bonds. The fourth-order valence-corrected chi connectivity index (χ4v) is 0.467. The monoisotopic (exact) mass is 95.1 g/mol. The fourth-order valence-electron chi connectivity index (χ4n) is 0.467. The second-order valence-electron chi connectivity index (χ2n) is 1.56. The van der Waals surface area contributed by atoms with Crippen LogP contribution in [0.4, 0.5) is 0 Å². The lowest BCUT2D eigenvalue weighted by Crippen LogP contribution is -1.80. The molecule has 0 aliphatic carbocycles. The van der Waals surface area contributed by atoms with Gasteiger partial charge in [-0.05, 0) is 0 Å². The van der Waals surface area contributed by atoms with Gasteiger partial charge in [-0.2, -0.15) is 7.05 Å². The Bertz CT molecular complexity index is 138. The molecule has 0 unspecified atom stereocenters. The van der Waals surface area contributed by atoms with Crippen LogP contribution < -0.4 is 0 Å². The van der Waals surface area contributed by atoms with Gasteiger partial charge in [0.1, 0.15) is 0 Å². The molecule has 1 aromatic heterocycles. The molecule has 0 radical (unpaired) electrons. The molecule has 0 atom stereocenters. The summed E-state index contributed by atoms with van der Waals surface area (Å²) in [6.45, 7) is 1.98. The lowest BCUT2D eigenvalue weighted by Gasteiger charge is -1.90. The van der Waals surface area contributed by atoms with Gasteiger partial charge in [-0.15, -0.1) is 6.20 Å². The topological polar surface area (TPSA) is 17.8 Å². The predicted octanol–water partition coefficient (Wildman–Crippen LogP) is 0.831. The van der Waals surface area contributed by atoms with E-state index in [-0.39, 0.29) is 0 Å². The van der Waals surface area contributed by atoms with E-state index in [1.54, 1.807) is 6.20 Å². The summed E-state index contributed by atoms with van der Waals surface area (Å²) in [7, 11) is 3.55. The summed E-state index contributed by atoms with van der Waals surface area (Å²) in [6, 6.07) is 0. The molecule has 0 spiro atoms. The van der Waals surface area contributed by atoms with E-state index in [2.05, 4.69) is 12.1 Å². The molecule has 7 heavy (non-hydrogen) atoms. The number of nitrogens with zero attached hydrogens (tertiary/aromatic N) is 2. The zero-order valence-corrected chi connectivity index (χ0v) is 4.26. The summed E-state index contributed by atoms with van der Waals surface area (Å²) in [5, 5.41) is 3.82. The van der Waals surface area contributed by atoms with Gasteiger partial charge < -0.3 is 4.68 Å². The zero-order valence-electron chi connectivity index (χ0n) is 4.26. The van der Waals surface area contributed by atoms with Crippen LogP contribution in [0.15, 0.2) is 12.4 Å². The zero-order chi connectivity index (χ0) is 5.28. The maximum absolute atomic E-state index is 3.82. The van der Waals surface area contributed by atoms with Gasteiger partial charge in [0.25, 0.3) is 0 Å². The highest BCUT2D eigenvalue weighted by Gasteiger charge is 1.73. The molecule has 0 aromatic carbocycles. The molecule has 0 saturated carbocycles. The van der Waals surface area contributed by atoms with Crippen molar-refractivity contribution >= 4 is 0 Å². The van der Waals surface area contributed by atoms with E-state index >= 15 is 0 Å². The first-order valence-electron chi connectivity index (χ1n) is 2.11. The molecule has 0 aliphatic rings. The van der Waals surface area contributed by atoms with Gasteiger partial charge in [-0.25, -0.2) is 5.10 Å². The van der Waals surface area contributed by atoms with Crippen molar-refractivity contribution in [2.24, 2.45) is 0 Å². The third kappa shape index (κ3) is 0.738. The van der Waals surface area contributed by atoms with Crippen LogP contribution in [0.1, 0.15) is 5.56 Å². The minimum Gasteiger partial charge on any atom is -0.408 e. The van der Waals surface area contributed by atoms with E-state index in [0.717, 1.165) is 5.56 Å². The maximum atomic E-state index is 3.82. The van der Waals surface area contributed by atoms with Gasteiger partial charge in [-0.1, -0.05) is 12.5 Å².